The van der Waals surface area contributed by atoms with Crippen LogP contribution in [-0.2, 0) is 4.79 Å². The van der Waals surface area contributed by atoms with Crippen molar-refractivity contribution in [3.8, 4) is 17.1 Å². The van der Waals surface area contributed by atoms with Gasteiger partial charge in [-0.1, -0.05) is 42.1 Å². The van der Waals surface area contributed by atoms with Crippen molar-refractivity contribution >= 4 is 23.4 Å². The Balaban J connectivity index is 1.64. The van der Waals surface area contributed by atoms with Gasteiger partial charge in [0.05, 0.1) is 11.3 Å². The predicted octanol–water partition coefficient (Wildman–Crippen LogP) is 4.94. The minimum absolute atomic E-state index is 0.0749. The lowest BCUT2D eigenvalue weighted by Gasteiger charge is -2.11. The van der Waals surface area contributed by atoms with Crippen LogP contribution in [0.5, 0.6) is 0 Å². The minimum atomic E-state index is -0.452. The number of rotatable bonds is 6. The highest BCUT2D eigenvalue weighted by Crippen LogP contribution is 2.29. The number of thioether (sulfide) groups is 1. The van der Waals surface area contributed by atoms with E-state index in [2.05, 4.69) is 15.5 Å². The second-order valence-corrected chi connectivity index (χ2v) is 7.24. The highest BCUT2D eigenvalue weighted by atomic mass is 32.2. The van der Waals surface area contributed by atoms with Gasteiger partial charge in [-0.05, 0) is 48.5 Å². The van der Waals surface area contributed by atoms with Gasteiger partial charge in [-0.3, -0.25) is 9.36 Å². The molecule has 0 aliphatic heterocycles. The molecule has 8 heteroatoms. The van der Waals surface area contributed by atoms with Crippen LogP contribution in [0.1, 0.15) is 0 Å². The molecule has 3 aromatic carbocycles. The number of halogens is 2. The highest BCUT2D eigenvalue weighted by molar-refractivity contribution is 7.99. The van der Waals surface area contributed by atoms with Gasteiger partial charge in [0.1, 0.15) is 11.6 Å². The summed E-state index contributed by atoms with van der Waals surface area (Å²) in [6.07, 6.45) is 0. The van der Waals surface area contributed by atoms with E-state index in [0.29, 0.717) is 16.5 Å². The summed E-state index contributed by atoms with van der Waals surface area (Å²) in [7, 11) is 0. The van der Waals surface area contributed by atoms with Gasteiger partial charge in [0.25, 0.3) is 0 Å². The van der Waals surface area contributed by atoms with Gasteiger partial charge in [-0.2, -0.15) is 0 Å². The van der Waals surface area contributed by atoms with E-state index < -0.39 is 11.6 Å². The van der Waals surface area contributed by atoms with E-state index >= 15 is 0 Å². The Labute approximate surface area is 175 Å². The van der Waals surface area contributed by atoms with E-state index in [4.69, 9.17) is 0 Å². The first kappa shape index (κ1) is 19.8. The molecule has 0 unspecified atom stereocenters. The number of nitrogens with one attached hydrogen (secondary N) is 1. The molecule has 4 aromatic rings. The lowest BCUT2D eigenvalue weighted by Crippen LogP contribution is -2.14. The number of anilines is 1. The van der Waals surface area contributed by atoms with Gasteiger partial charge >= 0.3 is 0 Å². The maximum absolute atomic E-state index is 14.4. The van der Waals surface area contributed by atoms with Crippen molar-refractivity contribution in [2.24, 2.45) is 0 Å². The maximum Gasteiger partial charge on any atom is 0.234 e. The first-order chi connectivity index (χ1) is 14.6. The number of amides is 1. The first-order valence-corrected chi connectivity index (χ1v) is 10.0. The molecule has 0 aliphatic carbocycles. The Morgan fingerprint density at radius 2 is 1.60 bits per heavy atom. The Morgan fingerprint density at radius 1 is 0.900 bits per heavy atom. The lowest BCUT2D eigenvalue weighted by atomic mass is 10.2. The summed E-state index contributed by atoms with van der Waals surface area (Å²) in [5, 5.41) is 11.5. The van der Waals surface area contributed by atoms with Gasteiger partial charge < -0.3 is 5.32 Å². The molecule has 0 saturated heterocycles. The number of nitrogens with zero attached hydrogens (tertiary/aromatic N) is 3. The number of para-hydroxylation sites is 1. The van der Waals surface area contributed by atoms with Crippen molar-refractivity contribution in [1.82, 2.24) is 14.8 Å². The summed E-state index contributed by atoms with van der Waals surface area (Å²) in [4.78, 5) is 12.3. The van der Waals surface area contributed by atoms with Crippen LogP contribution in [0.3, 0.4) is 0 Å². The standard InChI is InChI=1S/C22H16F2N4OS/c23-15-10-12-17(13-11-15)28-21(18-8-4-5-9-19(18)24)26-27-22(28)30-14-20(29)25-16-6-2-1-3-7-16/h1-13H,14H2,(H,25,29). The molecule has 30 heavy (non-hydrogen) atoms. The lowest BCUT2D eigenvalue weighted by molar-refractivity contribution is -0.113. The van der Waals surface area contributed by atoms with Crippen LogP contribution >= 0.6 is 11.8 Å². The molecule has 0 radical (unpaired) electrons. The average Bonchev–Trinajstić information content (AvgIpc) is 3.17. The van der Waals surface area contributed by atoms with Gasteiger partial charge in [0, 0.05) is 11.4 Å². The highest BCUT2D eigenvalue weighted by Gasteiger charge is 2.19. The first-order valence-electron chi connectivity index (χ1n) is 9.06. The van der Waals surface area contributed by atoms with E-state index in [1.54, 1.807) is 47.0 Å². The Morgan fingerprint density at radius 3 is 2.33 bits per heavy atom. The van der Waals surface area contributed by atoms with E-state index in [1.165, 1.54) is 18.2 Å². The fourth-order valence-corrected chi connectivity index (χ4v) is 3.60. The zero-order valence-electron chi connectivity index (χ0n) is 15.6. The fraction of sp³-hybridized carbons (Fsp3) is 0.0455. The number of benzene rings is 3. The molecule has 0 saturated carbocycles. The molecule has 1 aromatic heterocycles. The quantitative estimate of drug-likeness (QED) is 0.447. The molecule has 1 heterocycles. The van der Waals surface area contributed by atoms with E-state index in [0.717, 1.165) is 11.8 Å². The molecule has 0 bridgehead atoms. The molecule has 0 spiro atoms. The normalized spacial score (nSPS) is 10.7. The van der Waals surface area contributed by atoms with Crippen LogP contribution in [0, 0.1) is 11.6 Å². The molecular weight excluding hydrogens is 406 g/mol. The summed E-state index contributed by atoms with van der Waals surface area (Å²) in [5.41, 5.74) is 1.51. The molecule has 5 nitrogen and oxygen atoms in total. The van der Waals surface area contributed by atoms with Crippen LogP contribution in [0.4, 0.5) is 14.5 Å². The van der Waals surface area contributed by atoms with E-state index in [1.807, 2.05) is 18.2 Å². The molecule has 0 fully saturated rings. The number of carbonyl (C=O) groups excluding carboxylic acids is 1. The van der Waals surface area contributed by atoms with Crippen molar-refractivity contribution in [1.29, 1.82) is 0 Å². The molecule has 0 atom stereocenters. The van der Waals surface area contributed by atoms with Crippen molar-refractivity contribution in [2.75, 3.05) is 11.1 Å². The molecule has 0 aliphatic rings. The largest absolute Gasteiger partial charge is 0.325 e. The number of hydrogen-bond acceptors (Lipinski definition) is 4. The second-order valence-electron chi connectivity index (χ2n) is 6.30. The monoisotopic (exact) mass is 422 g/mol. The van der Waals surface area contributed by atoms with Gasteiger partial charge in [-0.25, -0.2) is 8.78 Å². The Bertz CT molecular complexity index is 1160. The Kier molecular flexibility index (Phi) is 5.85. The third-order valence-corrected chi connectivity index (χ3v) is 5.15. The zero-order chi connectivity index (χ0) is 20.9. The van der Waals surface area contributed by atoms with Crippen LogP contribution in [0.25, 0.3) is 17.1 Å². The summed E-state index contributed by atoms with van der Waals surface area (Å²) in [6, 6.07) is 21.0. The molecule has 1 N–H and O–H groups in total. The van der Waals surface area contributed by atoms with Crippen molar-refractivity contribution in [3.63, 3.8) is 0 Å². The average molecular weight is 422 g/mol. The molecule has 1 amide bonds. The van der Waals surface area contributed by atoms with E-state index in [9.17, 15) is 13.6 Å². The number of hydrogen-bond donors (Lipinski definition) is 1. The summed E-state index contributed by atoms with van der Waals surface area (Å²) in [5.74, 6) is -0.716. The van der Waals surface area contributed by atoms with Gasteiger partial charge in [-0.15, -0.1) is 10.2 Å². The van der Waals surface area contributed by atoms with Crippen molar-refractivity contribution in [2.45, 2.75) is 5.16 Å². The van der Waals surface area contributed by atoms with Crippen molar-refractivity contribution < 1.29 is 13.6 Å². The molecule has 4 rings (SSSR count). The third kappa shape index (κ3) is 4.38. The smallest absolute Gasteiger partial charge is 0.234 e. The minimum Gasteiger partial charge on any atom is -0.325 e. The summed E-state index contributed by atoms with van der Waals surface area (Å²) >= 11 is 1.16. The SMILES string of the molecule is O=C(CSc1nnc(-c2ccccc2F)n1-c1ccc(F)cc1)Nc1ccccc1. The van der Waals surface area contributed by atoms with Crippen molar-refractivity contribution in [3.05, 3.63) is 90.5 Å². The predicted molar refractivity (Wildman–Crippen MR) is 113 cm³/mol. The molecule has 150 valence electrons. The number of aromatic nitrogens is 3. The van der Waals surface area contributed by atoms with Gasteiger partial charge in [0.15, 0.2) is 11.0 Å². The van der Waals surface area contributed by atoms with Crippen LogP contribution in [0.15, 0.2) is 84.0 Å². The van der Waals surface area contributed by atoms with E-state index in [-0.39, 0.29) is 23.0 Å². The molecular formula is C22H16F2N4OS. The van der Waals surface area contributed by atoms with Crippen LogP contribution in [0.2, 0.25) is 0 Å². The fourth-order valence-electron chi connectivity index (χ4n) is 2.85. The summed E-state index contributed by atoms with van der Waals surface area (Å²) < 4.78 is 29.4. The van der Waals surface area contributed by atoms with Crippen LogP contribution < -0.4 is 5.32 Å². The second kappa shape index (κ2) is 8.87. The van der Waals surface area contributed by atoms with Gasteiger partial charge in [0.2, 0.25) is 5.91 Å². The third-order valence-electron chi connectivity index (χ3n) is 4.22. The van der Waals surface area contributed by atoms with Crippen LogP contribution in [-0.4, -0.2) is 26.4 Å². The topological polar surface area (TPSA) is 59.8 Å². The maximum atomic E-state index is 14.4. The number of carbonyl (C=O) groups is 1. The zero-order valence-corrected chi connectivity index (χ0v) is 16.4. The Hall–Kier alpha value is -3.52. The summed E-state index contributed by atoms with van der Waals surface area (Å²) in [6.45, 7) is 0.